The molecule has 0 amide bonds. The molecular weight excluding hydrogens is 343 g/mol. The summed E-state index contributed by atoms with van der Waals surface area (Å²) in [5.41, 5.74) is 1.65. The fourth-order valence-electron chi connectivity index (χ4n) is 1.53. The van der Waals surface area contributed by atoms with E-state index in [0.717, 1.165) is 14.2 Å². The number of aryl methyl sites for hydroxylation is 1. The third kappa shape index (κ3) is 2.69. The van der Waals surface area contributed by atoms with E-state index in [1.165, 1.54) is 11.3 Å². The average molecular weight is 352 g/mol. The Bertz CT molecular complexity index is 534. The predicted molar refractivity (Wildman–Crippen MR) is 77.3 cm³/mol. The number of hydrogen-bond acceptors (Lipinski definition) is 2. The first kappa shape index (κ1) is 13.4. The van der Waals surface area contributed by atoms with Gasteiger partial charge in [0, 0.05) is 15.5 Å². The molecule has 0 saturated heterocycles. The molecule has 1 nitrogen and oxygen atoms in total. The van der Waals surface area contributed by atoms with Crippen molar-refractivity contribution in [2.24, 2.45) is 0 Å². The molecule has 0 fully saturated rings. The van der Waals surface area contributed by atoms with E-state index in [1.807, 2.05) is 25.1 Å². The first-order valence-corrected chi connectivity index (χ1v) is 7.25. The summed E-state index contributed by atoms with van der Waals surface area (Å²) in [6.07, 6.45) is -0.740. The van der Waals surface area contributed by atoms with Crippen molar-refractivity contribution in [2.75, 3.05) is 0 Å². The first-order chi connectivity index (χ1) is 8.00. The van der Waals surface area contributed by atoms with Crippen molar-refractivity contribution in [3.8, 4) is 0 Å². The van der Waals surface area contributed by atoms with Gasteiger partial charge in [0.05, 0.1) is 8.81 Å². The van der Waals surface area contributed by atoms with Gasteiger partial charge in [-0.3, -0.25) is 0 Å². The molecule has 1 atom stereocenters. The van der Waals surface area contributed by atoms with Crippen LogP contribution in [-0.2, 0) is 0 Å². The van der Waals surface area contributed by atoms with Gasteiger partial charge in [0.25, 0.3) is 0 Å². The molecule has 90 valence electrons. The lowest BCUT2D eigenvalue weighted by Crippen LogP contribution is -1.98. The standard InChI is InChI=1S/C12H9BrCl2OS/c1-6-3-2-4-7(10(6)15)11(16)9-5-8(14)12(13)17-9/h2-5,11,16H,1H3. The monoisotopic (exact) mass is 350 g/mol. The SMILES string of the molecule is Cc1cccc(C(O)c2cc(Cl)c(Br)s2)c1Cl. The van der Waals surface area contributed by atoms with Crippen molar-refractivity contribution in [1.82, 2.24) is 0 Å². The number of aliphatic hydroxyl groups is 1. The van der Waals surface area contributed by atoms with Crippen LogP contribution in [0.1, 0.15) is 22.1 Å². The van der Waals surface area contributed by atoms with Gasteiger partial charge in [-0.2, -0.15) is 0 Å². The second-order valence-electron chi connectivity index (χ2n) is 3.65. The van der Waals surface area contributed by atoms with Crippen LogP contribution in [0.4, 0.5) is 0 Å². The number of aliphatic hydroxyl groups excluding tert-OH is 1. The maximum absolute atomic E-state index is 10.3. The Balaban J connectivity index is 2.43. The van der Waals surface area contributed by atoms with Crippen LogP contribution >= 0.6 is 50.5 Å². The lowest BCUT2D eigenvalue weighted by molar-refractivity contribution is 0.224. The number of thiophene rings is 1. The van der Waals surface area contributed by atoms with Crippen LogP contribution in [-0.4, -0.2) is 5.11 Å². The summed E-state index contributed by atoms with van der Waals surface area (Å²) in [4.78, 5) is 0.773. The van der Waals surface area contributed by atoms with Gasteiger partial charge in [-0.15, -0.1) is 11.3 Å². The Hall–Kier alpha value is -0.0600. The van der Waals surface area contributed by atoms with Crippen LogP contribution in [0.3, 0.4) is 0 Å². The Morgan fingerprint density at radius 1 is 1.35 bits per heavy atom. The minimum atomic E-state index is -0.740. The van der Waals surface area contributed by atoms with Gasteiger partial charge in [0.2, 0.25) is 0 Å². The molecule has 1 unspecified atom stereocenters. The Labute approximate surface area is 122 Å². The van der Waals surface area contributed by atoms with Gasteiger partial charge in [-0.05, 0) is 34.5 Å². The molecule has 0 aliphatic carbocycles. The van der Waals surface area contributed by atoms with E-state index < -0.39 is 6.10 Å². The number of halogens is 3. The van der Waals surface area contributed by atoms with Crippen molar-refractivity contribution in [1.29, 1.82) is 0 Å². The van der Waals surface area contributed by atoms with Crippen LogP contribution in [0.15, 0.2) is 28.1 Å². The van der Waals surface area contributed by atoms with Crippen molar-refractivity contribution in [3.63, 3.8) is 0 Å². The third-order valence-corrected chi connectivity index (χ3v) is 5.49. The van der Waals surface area contributed by atoms with Crippen molar-refractivity contribution in [3.05, 3.63) is 54.1 Å². The Morgan fingerprint density at radius 2 is 2.06 bits per heavy atom. The summed E-state index contributed by atoms with van der Waals surface area (Å²) in [6.45, 7) is 1.91. The Kier molecular flexibility index (Phi) is 4.16. The van der Waals surface area contributed by atoms with Gasteiger partial charge in [-0.25, -0.2) is 0 Å². The second kappa shape index (κ2) is 5.29. The van der Waals surface area contributed by atoms with Gasteiger partial charge in [-0.1, -0.05) is 41.4 Å². The molecule has 0 bridgehead atoms. The number of benzene rings is 1. The molecule has 1 aromatic heterocycles. The molecule has 5 heteroatoms. The summed E-state index contributed by atoms with van der Waals surface area (Å²) in [7, 11) is 0. The molecule has 2 rings (SSSR count). The number of rotatable bonds is 2. The minimum absolute atomic E-state index is 0.598. The van der Waals surface area contributed by atoms with Crippen LogP contribution in [0, 0.1) is 6.92 Å². The lowest BCUT2D eigenvalue weighted by Gasteiger charge is -2.12. The molecule has 1 aromatic carbocycles. The quantitative estimate of drug-likeness (QED) is 0.787. The minimum Gasteiger partial charge on any atom is -0.383 e. The molecule has 1 heterocycles. The fraction of sp³-hybridized carbons (Fsp3) is 0.167. The molecule has 17 heavy (non-hydrogen) atoms. The van der Waals surface area contributed by atoms with Crippen LogP contribution in [0.5, 0.6) is 0 Å². The molecule has 2 aromatic rings. The van der Waals surface area contributed by atoms with Crippen molar-refractivity contribution < 1.29 is 5.11 Å². The fourth-order valence-corrected chi connectivity index (χ4v) is 3.51. The smallest absolute Gasteiger partial charge is 0.115 e. The average Bonchev–Trinajstić information content (AvgIpc) is 2.62. The van der Waals surface area contributed by atoms with Gasteiger partial charge in [0.15, 0.2) is 0 Å². The molecule has 0 aliphatic heterocycles. The zero-order chi connectivity index (χ0) is 12.6. The van der Waals surface area contributed by atoms with Crippen LogP contribution in [0.2, 0.25) is 10.0 Å². The van der Waals surface area contributed by atoms with E-state index in [-0.39, 0.29) is 0 Å². The zero-order valence-corrected chi connectivity index (χ0v) is 12.8. The van der Waals surface area contributed by atoms with Crippen LogP contribution in [0.25, 0.3) is 0 Å². The van der Waals surface area contributed by atoms with E-state index in [1.54, 1.807) is 6.07 Å². The molecule has 0 saturated carbocycles. The summed E-state index contributed by atoms with van der Waals surface area (Å²) in [5, 5.41) is 11.5. The molecule has 0 spiro atoms. The van der Waals surface area contributed by atoms with E-state index in [2.05, 4.69) is 15.9 Å². The van der Waals surface area contributed by atoms with Crippen molar-refractivity contribution in [2.45, 2.75) is 13.0 Å². The largest absolute Gasteiger partial charge is 0.383 e. The zero-order valence-electron chi connectivity index (χ0n) is 8.88. The third-order valence-electron chi connectivity index (χ3n) is 2.45. The molecule has 1 N–H and O–H groups in total. The summed E-state index contributed by atoms with van der Waals surface area (Å²) in [5.74, 6) is 0. The molecule has 0 radical (unpaired) electrons. The highest BCUT2D eigenvalue weighted by molar-refractivity contribution is 9.11. The van der Waals surface area contributed by atoms with Crippen LogP contribution < -0.4 is 0 Å². The topological polar surface area (TPSA) is 20.2 Å². The summed E-state index contributed by atoms with van der Waals surface area (Å²) in [6, 6.07) is 7.36. The van der Waals surface area contributed by atoms with Crippen molar-refractivity contribution >= 4 is 50.5 Å². The Morgan fingerprint density at radius 3 is 2.65 bits per heavy atom. The molecular formula is C12H9BrCl2OS. The number of hydrogen-bond donors (Lipinski definition) is 1. The molecule has 0 aliphatic rings. The van der Waals surface area contributed by atoms with E-state index in [9.17, 15) is 5.11 Å². The normalized spacial score (nSPS) is 12.8. The summed E-state index contributed by atoms with van der Waals surface area (Å²) < 4.78 is 0.817. The van der Waals surface area contributed by atoms with Gasteiger partial charge in [0.1, 0.15) is 6.10 Å². The highest BCUT2D eigenvalue weighted by Crippen LogP contribution is 2.39. The predicted octanol–water partition coefficient (Wildman–Crippen LogP) is 5.21. The van der Waals surface area contributed by atoms with Gasteiger partial charge < -0.3 is 5.11 Å². The first-order valence-electron chi connectivity index (χ1n) is 4.88. The van der Waals surface area contributed by atoms with E-state index >= 15 is 0 Å². The lowest BCUT2D eigenvalue weighted by atomic mass is 10.1. The second-order valence-corrected chi connectivity index (χ2v) is 6.84. The van der Waals surface area contributed by atoms with E-state index in [0.29, 0.717) is 15.6 Å². The highest BCUT2D eigenvalue weighted by atomic mass is 79.9. The summed E-state index contributed by atoms with van der Waals surface area (Å²) >= 11 is 16.9. The maximum Gasteiger partial charge on any atom is 0.115 e. The highest BCUT2D eigenvalue weighted by Gasteiger charge is 2.18. The maximum atomic E-state index is 10.3. The van der Waals surface area contributed by atoms with E-state index in [4.69, 9.17) is 23.2 Å². The van der Waals surface area contributed by atoms with Gasteiger partial charge >= 0.3 is 0 Å².